The summed E-state index contributed by atoms with van der Waals surface area (Å²) in [5.74, 6) is 0.582. The summed E-state index contributed by atoms with van der Waals surface area (Å²) >= 11 is 0. The molecule has 0 saturated heterocycles. The molecule has 0 amide bonds. The van der Waals surface area contributed by atoms with Crippen LogP contribution in [0.25, 0.3) is 0 Å². The van der Waals surface area contributed by atoms with Gasteiger partial charge < -0.3 is 5.73 Å². The number of nitrogens with two attached hydrogens (primary N) is 1. The zero-order valence-corrected chi connectivity index (χ0v) is 7.09. The lowest BCUT2D eigenvalue weighted by atomic mass is 10.0. The van der Waals surface area contributed by atoms with Crippen LogP contribution in [0, 0.1) is 6.07 Å². The lowest BCUT2D eigenvalue weighted by Gasteiger charge is -2.04. The molecule has 0 aliphatic carbocycles. The molecule has 0 aromatic heterocycles. The normalized spacial score (nSPS) is 10.5. The SMILES string of the molecule is CC(C)c1c[c]c(CN)cc1. The summed E-state index contributed by atoms with van der Waals surface area (Å²) in [7, 11) is 0. The first-order valence-electron chi connectivity index (χ1n) is 3.94. The molecular formula is C10H14N. The zero-order chi connectivity index (χ0) is 8.27. The molecule has 1 radical (unpaired) electrons. The van der Waals surface area contributed by atoms with Crippen LogP contribution in [-0.4, -0.2) is 0 Å². The molecule has 0 bridgehead atoms. The van der Waals surface area contributed by atoms with E-state index in [1.165, 1.54) is 5.56 Å². The van der Waals surface area contributed by atoms with E-state index in [9.17, 15) is 0 Å². The molecule has 59 valence electrons. The number of hydrogen-bond donors (Lipinski definition) is 1. The van der Waals surface area contributed by atoms with Crippen LogP contribution in [-0.2, 0) is 6.54 Å². The predicted molar refractivity (Wildman–Crippen MR) is 47.3 cm³/mol. The Hall–Kier alpha value is -0.820. The fraction of sp³-hybridized carbons (Fsp3) is 0.400. The summed E-state index contributed by atoms with van der Waals surface area (Å²) in [6.45, 7) is 4.93. The topological polar surface area (TPSA) is 26.0 Å². The van der Waals surface area contributed by atoms with Gasteiger partial charge in [-0.05, 0) is 23.1 Å². The fourth-order valence-corrected chi connectivity index (χ4v) is 0.955. The van der Waals surface area contributed by atoms with Gasteiger partial charge in [0, 0.05) is 6.54 Å². The molecule has 1 heteroatoms. The van der Waals surface area contributed by atoms with E-state index in [2.05, 4.69) is 26.0 Å². The highest BCUT2D eigenvalue weighted by Crippen LogP contribution is 2.13. The van der Waals surface area contributed by atoms with Gasteiger partial charge in [-0.2, -0.15) is 0 Å². The van der Waals surface area contributed by atoms with Crippen LogP contribution in [0.3, 0.4) is 0 Å². The maximum atomic E-state index is 5.44. The van der Waals surface area contributed by atoms with Gasteiger partial charge >= 0.3 is 0 Å². The van der Waals surface area contributed by atoms with Crippen LogP contribution in [0.2, 0.25) is 0 Å². The molecule has 2 N–H and O–H groups in total. The molecule has 1 nitrogen and oxygen atoms in total. The van der Waals surface area contributed by atoms with Gasteiger partial charge in [-0.15, -0.1) is 0 Å². The molecule has 11 heavy (non-hydrogen) atoms. The molecule has 0 fully saturated rings. The Morgan fingerprint density at radius 2 is 2.18 bits per heavy atom. The third-order valence-electron chi connectivity index (χ3n) is 1.79. The lowest BCUT2D eigenvalue weighted by molar-refractivity contribution is 0.864. The van der Waals surface area contributed by atoms with Crippen LogP contribution < -0.4 is 5.73 Å². The van der Waals surface area contributed by atoms with Crippen molar-refractivity contribution in [3.63, 3.8) is 0 Å². The summed E-state index contributed by atoms with van der Waals surface area (Å²) in [4.78, 5) is 0. The van der Waals surface area contributed by atoms with Gasteiger partial charge in [0.1, 0.15) is 0 Å². The Labute approximate surface area is 68.2 Å². The van der Waals surface area contributed by atoms with Gasteiger partial charge in [0.2, 0.25) is 0 Å². The molecule has 1 rings (SSSR count). The lowest BCUT2D eigenvalue weighted by Crippen LogP contribution is -1.96. The average Bonchev–Trinajstić information content (AvgIpc) is 2.05. The highest BCUT2D eigenvalue weighted by Gasteiger charge is 1.97. The molecule has 0 spiro atoms. The number of rotatable bonds is 2. The first-order chi connectivity index (χ1) is 5.24. The quantitative estimate of drug-likeness (QED) is 0.682. The monoisotopic (exact) mass is 148 g/mol. The van der Waals surface area contributed by atoms with Crippen molar-refractivity contribution >= 4 is 0 Å². The predicted octanol–water partition coefficient (Wildman–Crippen LogP) is 2.07. The number of benzene rings is 1. The fourth-order valence-electron chi connectivity index (χ4n) is 0.955. The van der Waals surface area contributed by atoms with Crippen molar-refractivity contribution in [1.29, 1.82) is 0 Å². The summed E-state index contributed by atoms with van der Waals surface area (Å²) in [5, 5.41) is 0. The van der Waals surface area contributed by atoms with Crippen molar-refractivity contribution in [1.82, 2.24) is 0 Å². The minimum atomic E-state index is 0.582. The van der Waals surface area contributed by atoms with Crippen molar-refractivity contribution in [3.05, 3.63) is 35.4 Å². The molecule has 0 heterocycles. The van der Waals surface area contributed by atoms with Crippen molar-refractivity contribution < 1.29 is 0 Å². The highest BCUT2D eigenvalue weighted by atomic mass is 14.5. The molecule has 0 aliphatic heterocycles. The van der Waals surface area contributed by atoms with E-state index in [4.69, 9.17) is 5.73 Å². The van der Waals surface area contributed by atoms with E-state index in [-0.39, 0.29) is 0 Å². The molecule has 0 atom stereocenters. The van der Waals surface area contributed by atoms with Gasteiger partial charge in [0.25, 0.3) is 0 Å². The van der Waals surface area contributed by atoms with Gasteiger partial charge in [0.15, 0.2) is 0 Å². The molecule has 1 aromatic carbocycles. The van der Waals surface area contributed by atoms with Crippen LogP contribution in [0.1, 0.15) is 30.9 Å². The Morgan fingerprint density at radius 1 is 1.45 bits per heavy atom. The summed E-state index contributed by atoms with van der Waals surface area (Å²) in [5.41, 5.74) is 7.84. The van der Waals surface area contributed by atoms with E-state index >= 15 is 0 Å². The Morgan fingerprint density at radius 3 is 2.55 bits per heavy atom. The highest BCUT2D eigenvalue weighted by molar-refractivity contribution is 5.23. The second-order valence-electron chi connectivity index (χ2n) is 3.01. The molecule has 0 unspecified atom stereocenters. The molecule has 0 aliphatic rings. The van der Waals surface area contributed by atoms with Gasteiger partial charge in [-0.1, -0.05) is 32.0 Å². The first kappa shape index (κ1) is 8.28. The third-order valence-corrected chi connectivity index (χ3v) is 1.79. The van der Waals surface area contributed by atoms with Crippen LogP contribution in [0.15, 0.2) is 18.2 Å². The summed E-state index contributed by atoms with van der Waals surface area (Å²) in [6.07, 6.45) is 0. The Bertz CT molecular complexity index is 211. The van der Waals surface area contributed by atoms with E-state index in [1.54, 1.807) is 0 Å². The van der Waals surface area contributed by atoms with Gasteiger partial charge in [-0.3, -0.25) is 0 Å². The summed E-state index contributed by atoms with van der Waals surface area (Å²) in [6, 6.07) is 9.32. The van der Waals surface area contributed by atoms with E-state index in [0.29, 0.717) is 12.5 Å². The average molecular weight is 148 g/mol. The molecule has 0 saturated carbocycles. The van der Waals surface area contributed by atoms with Crippen LogP contribution in [0.5, 0.6) is 0 Å². The van der Waals surface area contributed by atoms with Crippen molar-refractivity contribution in [2.45, 2.75) is 26.3 Å². The minimum absolute atomic E-state index is 0.582. The second kappa shape index (κ2) is 3.54. The molecular weight excluding hydrogens is 134 g/mol. The van der Waals surface area contributed by atoms with E-state index < -0.39 is 0 Å². The maximum Gasteiger partial charge on any atom is 0.0184 e. The standard InChI is InChI=1S/C10H14N/c1-8(2)10-5-3-9(7-11)4-6-10/h3,5-6,8H,7,11H2,1-2H3. The van der Waals surface area contributed by atoms with Crippen molar-refractivity contribution in [3.8, 4) is 0 Å². The summed E-state index contributed by atoms with van der Waals surface area (Å²) < 4.78 is 0. The van der Waals surface area contributed by atoms with E-state index in [1.807, 2.05) is 12.1 Å². The second-order valence-corrected chi connectivity index (χ2v) is 3.01. The van der Waals surface area contributed by atoms with Crippen molar-refractivity contribution in [2.75, 3.05) is 0 Å². The first-order valence-corrected chi connectivity index (χ1v) is 3.94. The van der Waals surface area contributed by atoms with Crippen molar-refractivity contribution in [2.24, 2.45) is 5.73 Å². The van der Waals surface area contributed by atoms with Gasteiger partial charge in [0.05, 0.1) is 0 Å². The Balaban J connectivity index is 2.83. The molecule has 1 aromatic rings. The smallest absolute Gasteiger partial charge is 0.0184 e. The largest absolute Gasteiger partial charge is 0.326 e. The number of hydrogen-bond acceptors (Lipinski definition) is 1. The minimum Gasteiger partial charge on any atom is -0.326 e. The Kier molecular flexibility index (Phi) is 2.66. The van der Waals surface area contributed by atoms with Crippen LogP contribution in [0.4, 0.5) is 0 Å². The van der Waals surface area contributed by atoms with Gasteiger partial charge in [-0.25, -0.2) is 0 Å². The van der Waals surface area contributed by atoms with Crippen LogP contribution >= 0.6 is 0 Å². The van der Waals surface area contributed by atoms with E-state index in [0.717, 1.165) is 5.56 Å². The third kappa shape index (κ3) is 2.05. The zero-order valence-electron chi connectivity index (χ0n) is 7.09. The maximum absolute atomic E-state index is 5.44.